The van der Waals surface area contributed by atoms with Crippen molar-refractivity contribution < 1.29 is 9.18 Å². The average Bonchev–Trinajstić information content (AvgIpc) is 3.23. The van der Waals surface area contributed by atoms with Crippen molar-refractivity contribution in [1.82, 2.24) is 14.2 Å². The van der Waals surface area contributed by atoms with E-state index in [0.29, 0.717) is 11.8 Å². The Labute approximate surface area is 145 Å². The highest BCUT2D eigenvalue weighted by Gasteiger charge is 2.48. The van der Waals surface area contributed by atoms with Gasteiger partial charge in [-0.1, -0.05) is 12.1 Å². The number of carbonyl (C=O) groups excluding carboxylic acids is 1. The van der Waals surface area contributed by atoms with E-state index in [0.717, 1.165) is 31.7 Å². The predicted molar refractivity (Wildman–Crippen MR) is 90.9 cm³/mol. The average molecular weight is 345 g/mol. The summed E-state index contributed by atoms with van der Waals surface area (Å²) >= 11 is 1.48. The summed E-state index contributed by atoms with van der Waals surface area (Å²) < 4.78 is 17.9. The molecule has 2 aromatic rings. The summed E-state index contributed by atoms with van der Waals surface area (Å²) in [4.78, 5) is 16.5. The Balaban J connectivity index is 1.57. The molecule has 0 N–H and O–H groups in total. The number of likely N-dealkylation sites (tertiary alicyclic amines) is 2. The molecule has 126 valence electrons. The van der Waals surface area contributed by atoms with Crippen molar-refractivity contribution >= 4 is 17.4 Å². The summed E-state index contributed by atoms with van der Waals surface area (Å²) in [6.45, 7) is 5.20. The second-order valence-electron chi connectivity index (χ2n) is 6.82. The van der Waals surface area contributed by atoms with Crippen LogP contribution in [-0.2, 0) is 11.3 Å². The largest absolute Gasteiger partial charge is 0.335 e. The van der Waals surface area contributed by atoms with E-state index in [2.05, 4.69) is 14.7 Å². The van der Waals surface area contributed by atoms with Crippen LogP contribution in [0.4, 0.5) is 4.39 Å². The van der Waals surface area contributed by atoms with Gasteiger partial charge >= 0.3 is 0 Å². The highest BCUT2D eigenvalue weighted by Crippen LogP contribution is 2.45. The number of fused-ring (bicyclic) bond motifs is 1. The van der Waals surface area contributed by atoms with E-state index >= 15 is 0 Å². The van der Waals surface area contributed by atoms with Gasteiger partial charge in [-0.05, 0) is 40.7 Å². The first-order valence-corrected chi connectivity index (χ1v) is 9.09. The zero-order valence-electron chi connectivity index (χ0n) is 13.6. The molecule has 3 atom stereocenters. The van der Waals surface area contributed by atoms with E-state index in [1.54, 1.807) is 19.1 Å². The Morgan fingerprint density at radius 3 is 2.96 bits per heavy atom. The first-order chi connectivity index (χ1) is 11.6. The van der Waals surface area contributed by atoms with Crippen LogP contribution in [0.1, 0.15) is 24.1 Å². The molecular weight excluding hydrogens is 325 g/mol. The highest BCUT2D eigenvalue weighted by atomic mass is 32.1. The molecule has 4 rings (SSSR count). The molecule has 3 heterocycles. The smallest absolute Gasteiger partial charge is 0.219 e. The lowest BCUT2D eigenvalue weighted by Gasteiger charge is -2.29. The van der Waals surface area contributed by atoms with E-state index in [9.17, 15) is 9.18 Å². The summed E-state index contributed by atoms with van der Waals surface area (Å²) in [5, 5.41) is 2.08. The van der Waals surface area contributed by atoms with Crippen LogP contribution in [0.25, 0.3) is 0 Å². The Bertz CT molecular complexity index is 736. The van der Waals surface area contributed by atoms with Crippen LogP contribution in [0.15, 0.2) is 35.8 Å². The first-order valence-electron chi connectivity index (χ1n) is 8.25. The standard InChI is InChI=1S/C18H20FN3OS/c1-12(23)22-9-15-8-21(7-13-6-20-24-11-13)10-17(15)18(22)14-3-2-4-16(19)5-14/h2-6,11,15,17-18H,7-10H2,1H3/t15-,17-,18+/m1/s1. The molecule has 1 aromatic carbocycles. The highest BCUT2D eigenvalue weighted by molar-refractivity contribution is 7.03. The fourth-order valence-electron chi connectivity index (χ4n) is 4.27. The minimum atomic E-state index is -0.237. The van der Waals surface area contributed by atoms with Crippen molar-refractivity contribution in [3.8, 4) is 0 Å². The third-order valence-corrected chi connectivity index (χ3v) is 5.86. The summed E-state index contributed by atoms with van der Waals surface area (Å²) in [6, 6.07) is 6.69. The maximum Gasteiger partial charge on any atom is 0.219 e. The fourth-order valence-corrected chi connectivity index (χ4v) is 4.80. The zero-order chi connectivity index (χ0) is 16.7. The molecular formula is C18H20FN3OS. The number of carbonyl (C=O) groups is 1. The molecule has 0 bridgehead atoms. The van der Waals surface area contributed by atoms with Crippen LogP contribution < -0.4 is 0 Å². The molecule has 0 saturated carbocycles. The van der Waals surface area contributed by atoms with Gasteiger partial charge in [0, 0.05) is 50.6 Å². The molecule has 0 aliphatic carbocycles. The molecule has 24 heavy (non-hydrogen) atoms. The molecule has 2 saturated heterocycles. The molecule has 2 aliphatic heterocycles. The van der Waals surface area contributed by atoms with Crippen LogP contribution in [0.5, 0.6) is 0 Å². The molecule has 0 spiro atoms. The van der Waals surface area contributed by atoms with Gasteiger partial charge in [-0.15, -0.1) is 0 Å². The zero-order valence-corrected chi connectivity index (χ0v) is 14.4. The third kappa shape index (κ3) is 2.84. The van der Waals surface area contributed by atoms with Gasteiger partial charge < -0.3 is 4.90 Å². The molecule has 1 amide bonds. The van der Waals surface area contributed by atoms with Crippen LogP contribution in [0.3, 0.4) is 0 Å². The maximum absolute atomic E-state index is 13.7. The summed E-state index contributed by atoms with van der Waals surface area (Å²) in [7, 11) is 0. The Morgan fingerprint density at radius 1 is 1.38 bits per heavy atom. The van der Waals surface area contributed by atoms with E-state index < -0.39 is 0 Å². The molecule has 1 aromatic heterocycles. The second kappa shape index (κ2) is 6.26. The predicted octanol–water partition coefficient (Wildman–Crippen LogP) is 2.93. The van der Waals surface area contributed by atoms with Crippen molar-refractivity contribution in [2.45, 2.75) is 19.5 Å². The van der Waals surface area contributed by atoms with Gasteiger partial charge in [0.15, 0.2) is 0 Å². The minimum absolute atomic E-state index is 0.0196. The SMILES string of the molecule is CC(=O)N1C[C@H]2CN(Cc3cnsc3)C[C@H]2[C@@H]1c1cccc(F)c1. The van der Waals surface area contributed by atoms with Gasteiger partial charge in [-0.25, -0.2) is 8.76 Å². The summed E-state index contributed by atoms with van der Waals surface area (Å²) in [6.07, 6.45) is 1.92. The van der Waals surface area contributed by atoms with Crippen molar-refractivity contribution in [3.05, 3.63) is 52.8 Å². The lowest BCUT2D eigenvalue weighted by atomic mass is 9.89. The quantitative estimate of drug-likeness (QED) is 0.858. The van der Waals surface area contributed by atoms with E-state index in [1.807, 2.05) is 17.2 Å². The maximum atomic E-state index is 13.7. The number of benzene rings is 1. The molecule has 2 fully saturated rings. The van der Waals surface area contributed by atoms with Crippen LogP contribution in [0, 0.1) is 17.7 Å². The van der Waals surface area contributed by atoms with Gasteiger partial charge in [0.05, 0.1) is 6.04 Å². The van der Waals surface area contributed by atoms with Gasteiger partial charge in [0.2, 0.25) is 5.91 Å². The molecule has 0 unspecified atom stereocenters. The van der Waals surface area contributed by atoms with Crippen LogP contribution >= 0.6 is 11.5 Å². The van der Waals surface area contributed by atoms with Gasteiger partial charge in [0.1, 0.15) is 5.82 Å². The monoisotopic (exact) mass is 345 g/mol. The number of rotatable bonds is 3. The molecule has 4 nitrogen and oxygen atoms in total. The van der Waals surface area contributed by atoms with E-state index in [-0.39, 0.29) is 17.8 Å². The molecule has 2 aliphatic rings. The number of hydrogen-bond acceptors (Lipinski definition) is 4. The van der Waals surface area contributed by atoms with Crippen molar-refractivity contribution in [2.24, 2.45) is 11.8 Å². The van der Waals surface area contributed by atoms with Gasteiger partial charge in [-0.2, -0.15) is 0 Å². The lowest BCUT2D eigenvalue weighted by molar-refractivity contribution is -0.130. The normalized spacial score (nSPS) is 26.8. The summed E-state index contributed by atoms with van der Waals surface area (Å²) in [5.74, 6) is 0.655. The molecule has 0 radical (unpaired) electrons. The van der Waals surface area contributed by atoms with Gasteiger partial charge in [0.25, 0.3) is 0 Å². The van der Waals surface area contributed by atoms with E-state index in [1.165, 1.54) is 23.2 Å². The minimum Gasteiger partial charge on any atom is -0.335 e. The van der Waals surface area contributed by atoms with Crippen LogP contribution in [0.2, 0.25) is 0 Å². The third-order valence-electron chi connectivity index (χ3n) is 5.22. The van der Waals surface area contributed by atoms with Crippen molar-refractivity contribution in [1.29, 1.82) is 0 Å². The summed E-state index contributed by atoms with van der Waals surface area (Å²) in [5.41, 5.74) is 2.16. The van der Waals surface area contributed by atoms with Crippen molar-refractivity contribution in [3.63, 3.8) is 0 Å². The first kappa shape index (κ1) is 15.7. The Morgan fingerprint density at radius 2 is 2.25 bits per heavy atom. The van der Waals surface area contributed by atoms with Gasteiger partial charge in [-0.3, -0.25) is 9.69 Å². The number of amides is 1. The Hall–Kier alpha value is -1.79. The van der Waals surface area contributed by atoms with E-state index in [4.69, 9.17) is 0 Å². The topological polar surface area (TPSA) is 36.4 Å². The second-order valence-corrected chi connectivity index (χ2v) is 7.48. The molecule has 6 heteroatoms. The lowest BCUT2D eigenvalue weighted by Crippen LogP contribution is -2.34. The number of nitrogens with zero attached hydrogens (tertiary/aromatic N) is 3. The van der Waals surface area contributed by atoms with Crippen molar-refractivity contribution in [2.75, 3.05) is 19.6 Å². The Kier molecular flexibility index (Phi) is 4.10. The number of aromatic nitrogens is 1. The number of hydrogen-bond donors (Lipinski definition) is 0. The van der Waals surface area contributed by atoms with Crippen LogP contribution in [-0.4, -0.2) is 39.7 Å². The fraction of sp³-hybridized carbons (Fsp3) is 0.444. The number of halogens is 1.